The fourth-order valence-corrected chi connectivity index (χ4v) is 2.83. The van der Waals surface area contributed by atoms with Gasteiger partial charge in [0.15, 0.2) is 0 Å². The van der Waals surface area contributed by atoms with Crippen molar-refractivity contribution < 1.29 is 9.72 Å². The van der Waals surface area contributed by atoms with Gasteiger partial charge >= 0.3 is 5.69 Å². The smallest absolute Gasteiger partial charge is 0.320 e. The van der Waals surface area contributed by atoms with E-state index in [1.807, 2.05) is 19.4 Å². The summed E-state index contributed by atoms with van der Waals surface area (Å²) in [5.41, 5.74) is 0.779. The van der Waals surface area contributed by atoms with Crippen LogP contribution in [0.1, 0.15) is 16.1 Å². The zero-order chi connectivity index (χ0) is 17.3. The first-order valence-corrected chi connectivity index (χ1v) is 7.61. The standard InChI is InChI=1S/C14H19N7O3/c1-17-8-11(7-15-17)9-19-3-5-20(6-4-19)14(22)13-12(21(23)24)10-18(2)16-13/h7-8,10H,3-6,9H2,1-2H3. The van der Waals surface area contributed by atoms with Gasteiger partial charge in [0.2, 0.25) is 5.69 Å². The van der Waals surface area contributed by atoms with Gasteiger partial charge in [-0.3, -0.25) is 29.2 Å². The number of hydrogen-bond donors (Lipinski definition) is 0. The lowest BCUT2D eigenvalue weighted by Gasteiger charge is -2.34. The van der Waals surface area contributed by atoms with Crippen molar-refractivity contribution in [2.75, 3.05) is 26.2 Å². The van der Waals surface area contributed by atoms with Gasteiger partial charge in [0, 0.05) is 58.6 Å². The fourth-order valence-electron chi connectivity index (χ4n) is 2.83. The highest BCUT2D eigenvalue weighted by molar-refractivity contribution is 5.96. The monoisotopic (exact) mass is 333 g/mol. The summed E-state index contributed by atoms with van der Waals surface area (Å²) >= 11 is 0. The molecule has 128 valence electrons. The second-order valence-electron chi connectivity index (χ2n) is 5.88. The zero-order valence-corrected chi connectivity index (χ0v) is 13.6. The summed E-state index contributed by atoms with van der Waals surface area (Å²) in [7, 11) is 3.44. The lowest BCUT2D eigenvalue weighted by atomic mass is 10.2. The Morgan fingerprint density at radius 3 is 2.50 bits per heavy atom. The molecule has 1 amide bonds. The average Bonchev–Trinajstić information content (AvgIpc) is 3.13. The van der Waals surface area contributed by atoms with Gasteiger partial charge in [0.25, 0.3) is 5.91 Å². The molecule has 0 saturated carbocycles. The maximum Gasteiger partial charge on any atom is 0.320 e. The first-order chi connectivity index (χ1) is 11.4. The normalized spacial score (nSPS) is 15.7. The molecule has 1 aliphatic heterocycles. The molecule has 10 nitrogen and oxygen atoms in total. The number of nitrogens with zero attached hydrogens (tertiary/aromatic N) is 7. The van der Waals surface area contributed by atoms with Gasteiger partial charge in [-0.1, -0.05) is 0 Å². The number of carbonyl (C=O) groups is 1. The lowest BCUT2D eigenvalue weighted by molar-refractivity contribution is -0.385. The van der Waals surface area contributed by atoms with E-state index in [-0.39, 0.29) is 17.3 Å². The van der Waals surface area contributed by atoms with Crippen molar-refractivity contribution in [1.82, 2.24) is 29.4 Å². The Morgan fingerprint density at radius 2 is 1.92 bits per heavy atom. The number of aryl methyl sites for hydroxylation is 2. The fraction of sp³-hybridized carbons (Fsp3) is 0.500. The van der Waals surface area contributed by atoms with Gasteiger partial charge in [-0.2, -0.15) is 10.2 Å². The van der Waals surface area contributed by atoms with Crippen molar-refractivity contribution in [3.8, 4) is 0 Å². The zero-order valence-electron chi connectivity index (χ0n) is 13.6. The number of rotatable bonds is 4. The second-order valence-corrected chi connectivity index (χ2v) is 5.88. The second kappa shape index (κ2) is 6.40. The summed E-state index contributed by atoms with van der Waals surface area (Å²) in [5, 5.41) is 19.1. The third kappa shape index (κ3) is 3.27. The molecular weight excluding hydrogens is 314 g/mol. The van der Waals surface area contributed by atoms with Crippen LogP contribution < -0.4 is 0 Å². The molecule has 0 unspecified atom stereocenters. The minimum absolute atomic E-state index is 0.0943. The van der Waals surface area contributed by atoms with E-state index in [4.69, 9.17) is 0 Å². The Bertz CT molecular complexity index is 758. The van der Waals surface area contributed by atoms with Crippen molar-refractivity contribution in [2.24, 2.45) is 14.1 Å². The van der Waals surface area contributed by atoms with Crippen molar-refractivity contribution in [1.29, 1.82) is 0 Å². The van der Waals surface area contributed by atoms with Crippen molar-refractivity contribution in [2.45, 2.75) is 6.54 Å². The van der Waals surface area contributed by atoms with Gasteiger partial charge in [0.1, 0.15) is 6.20 Å². The number of amides is 1. The molecule has 0 aliphatic carbocycles. The summed E-state index contributed by atoms with van der Waals surface area (Å²) < 4.78 is 3.05. The van der Waals surface area contributed by atoms with Crippen LogP contribution in [0.5, 0.6) is 0 Å². The van der Waals surface area contributed by atoms with Crippen LogP contribution >= 0.6 is 0 Å². The van der Waals surface area contributed by atoms with Gasteiger partial charge in [-0.25, -0.2) is 0 Å². The molecule has 1 fully saturated rings. The molecule has 2 aromatic heterocycles. The van der Waals surface area contributed by atoms with E-state index in [1.165, 1.54) is 10.9 Å². The van der Waals surface area contributed by atoms with Gasteiger partial charge < -0.3 is 4.90 Å². The van der Waals surface area contributed by atoms with Crippen LogP contribution in [0.3, 0.4) is 0 Å². The molecule has 0 spiro atoms. The molecule has 3 rings (SSSR count). The van der Waals surface area contributed by atoms with E-state index in [0.717, 1.165) is 12.1 Å². The van der Waals surface area contributed by atoms with Crippen LogP contribution in [-0.4, -0.2) is 66.4 Å². The molecule has 0 bridgehead atoms. The van der Waals surface area contributed by atoms with Crippen LogP contribution in [-0.2, 0) is 20.6 Å². The maximum atomic E-state index is 12.5. The van der Waals surface area contributed by atoms with Gasteiger partial charge in [-0.15, -0.1) is 0 Å². The predicted molar refractivity (Wildman–Crippen MR) is 84.3 cm³/mol. The Kier molecular flexibility index (Phi) is 4.30. The minimum Gasteiger partial charge on any atom is -0.334 e. The Labute approximate surface area is 138 Å². The molecule has 1 aliphatic rings. The first-order valence-electron chi connectivity index (χ1n) is 7.61. The van der Waals surface area contributed by atoms with Crippen molar-refractivity contribution in [3.05, 3.63) is 40.0 Å². The number of aromatic nitrogens is 4. The Morgan fingerprint density at radius 1 is 1.21 bits per heavy atom. The largest absolute Gasteiger partial charge is 0.334 e. The third-order valence-electron chi connectivity index (χ3n) is 4.03. The van der Waals surface area contributed by atoms with Crippen LogP contribution in [0.15, 0.2) is 18.6 Å². The molecule has 0 N–H and O–H groups in total. The number of nitro groups is 1. The van der Waals surface area contributed by atoms with E-state index in [1.54, 1.807) is 16.6 Å². The minimum atomic E-state index is -0.571. The third-order valence-corrected chi connectivity index (χ3v) is 4.03. The highest BCUT2D eigenvalue weighted by atomic mass is 16.6. The SMILES string of the molecule is Cn1cc(CN2CCN(C(=O)c3nn(C)cc3[N+](=O)[O-])CC2)cn1. The van der Waals surface area contributed by atoms with Crippen molar-refractivity contribution in [3.63, 3.8) is 0 Å². The molecule has 24 heavy (non-hydrogen) atoms. The van der Waals surface area contributed by atoms with E-state index < -0.39 is 4.92 Å². The van der Waals surface area contributed by atoms with E-state index in [0.29, 0.717) is 26.2 Å². The Balaban J connectivity index is 1.62. The van der Waals surface area contributed by atoms with E-state index in [2.05, 4.69) is 15.1 Å². The molecule has 10 heteroatoms. The predicted octanol–water partition coefficient (Wildman–Crippen LogP) is 0.0198. The number of carbonyl (C=O) groups excluding carboxylic acids is 1. The number of piperazine rings is 1. The van der Waals surface area contributed by atoms with E-state index in [9.17, 15) is 14.9 Å². The summed E-state index contributed by atoms with van der Waals surface area (Å²) in [5.74, 6) is -0.386. The average molecular weight is 333 g/mol. The Hall–Kier alpha value is -2.75. The quantitative estimate of drug-likeness (QED) is 0.577. The van der Waals surface area contributed by atoms with Crippen LogP contribution in [0, 0.1) is 10.1 Å². The summed E-state index contributed by atoms with van der Waals surface area (Å²) in [4.78, 5) is 26.8. The molecule has 3 heterocycles. The summed E-state index contributed by atoms with van der Waals surface area (Å²) in [6.07, 6.45) is 5.05. The van der Waals surface area contributed by atoms with Crippen LogP contribution in [0.4, 0.5) is 5.69 Å². The molecule has 2 aromatic rings. The van der Waals surface area contributed by atoms with Crippen LogP contribution in [0.2, 0.25) is 0 Å². The molecular formula is C14H19N7O3. The molecule has 0 atom stereocenters. The van der Waals surface area contributed by atoms with Gasteiger partial charge in [0.05, 0.1) is 11.1 Å². The topological polar surface area (TPSA) is 102 Å². The highest BCUT2D eigenvalue weighted by Crippen LogP contribution is 2.19. The maximum absolute atomic E-state index is 12.5. The molecule has 0 aromatic carbocycles. The van der Waals surface area contributed by atoms with Gasteiger partial charge in [-0.05, 0) is 0 Å². The molecule has 1 saturated heterocycles. The number of hydrogen-bond acceptors (Lipinski definition) is 6. The lowest BCUT2D eigenvalue weighted by Crippen LogP contribution is -2.48. The summed E-state index contributed by atoms with van der Waals surface area (Å²) in [6.45, 7) is 3.24. The molecule has 0 radical (unpaired) electrons. The first kappa shape index (κ1) is 16.1. The highest BCUT2D eigenvalue weighted by Gasteiger charge is 2.30. The van der Waals surface area contributed by atoms with Crippen molar-refractivity contribution >= 4 is 11.6 Å². The summed E-state index contributed by atoms with van der Waals surface area (Å²) in [6, 6.07) is 0. The van der Waals surface area contributed by atoms with E-state index >= 15 is 0 Å². The van der Waals surface area contributed by atoms with Crippen LogP contribution in [0.25, 0.3) is 0 Å².